The Morgan fingerprint density at radius 2 is 0.638 bits per heavy atom. The van der Waals surface area contributed by atoms with Crippen molar-refractivity contribution >= 4 is 143 Å². The zero-order valence-electron chi connectivity index (χ0n) is 36.9. The van der Waals surface area contributed by atoms with Crippen LogP contribution in [0.1, 0.15) is 0 Å². The molecule has 0 aliphatic rings. The molecule has 0 radical (unpaired) electrons. The second kappa shape index (κ2) is 14.6. The summed E-state index contributed by atoms with van der Waals surface area (Å²) in [4.78, 5) is 9.96. The van der Waals surface area contributed by atoms with Crippen LogP contribution >= 0.6 is 0 Å². The number of fused-ring (bicyclic) bond motifs is 15. The fraction of sp³-hybridized carbons (Fsp3) is 0. The Kier molecular flexibility index (Phi) is 7.97. The van der Waals surface area contributed by atoms with Gasteiger partial charge in [-0.25, -0.2) is 0 Å². The fourth-order valence-corrected chi connectivity index (χ4v) is 10.9. The molecule has 0 saturated carbocycles. The van der Waals surface area contributed by atoms with E-state index in [1.54, 1.807) is 0 Å². The molecule has 6 heteroatoms. The van der Waals surface area contributed by atoms with Crippen LogP contribution in [0, 0.1) is 0 Å². The van der Waals surface area contributed by atoms with E-state index >= 15 is 0 Å². The van der Waals surface area contributed by atoms with Crippen molar-refractivity contribution in [2.24, 2.45) is 0 Å². The van der Waals surface area contributed by atoms with Crippen LogP contribution in [0.2, 0.25) is 0 Å². The van der Waals surface area contributed by atoms with Crippen molar-refractivity contribution in [2.75, 3.05) is 9.80 Å². The molecule has 4 heterocycles. The normalized spacial score (nSPS) is 12.1. The maximum absolute atomic E-state index is 6.91. The highest BCUT2D eigenvalue weighted by molar-refractivity contribution is 6.17. The van der Waals surface area contributed by atoms with Gasteiger partial charge in [0.2, 0.25) is 5.71 Å². The molecule has 0 N–H and O–H groups in total. The first-order valence-corrected chi connectivity index (χ1v) is 23.3. The summed E-state index contributed by atoms with van der Waals surface area (Å²) in [6.45, 7) is 0. The largest absolute Gasteiger partial charge is 0.456 e. The molecule has 0 unspecified atom stereocenters. The summed E-state index contributed by atoms with van der Waals surface area (Å²) in [5, 5.41) is 15.6. The molecule has 69 heavy (non-hydrogen) atoms. The molecule has 0 atom stereocenters. The first-order chi connectivity index (χ1) is 34.2. The van der Waals surface area contributed by atoms with Gasteiger partial charge in [0.1, 0.15) is 33.7 Å². The lowest BCUT2D eigenvalue weighted by Crippen LogP contribution is -2.12. The van der Waals surface area contributed by atoms with Crippen LogP contribution in [0.5, 0.6) is 0 Å². The van der Waals surface area contributed by atoms with Crippen LogP contribution in [0.15, 0.2) is 238 Å². The molecular formula is C63H37N3O3. The monoisotopic (exact) mass is 883 g/mol. The molecule has 0 aliphatic heterocycles. The number of rotatable bonds is 6. The zero-order valence-corrected chi connectivity index (χ0v) is 36.9. The van der Waals surface area contributed by atoms with Gasteiger partial charge >= 0.3 is 0 Å². The van der Waals surface area contributed by atoms with Crippen LogP contribution < -0.4 is 9.80 Å². The van der Waals surface area contributed by atoms with Gasteiger partial charge in [0.05, 0.1) is 17.1 Å². The number of furan rings is 3. The number of benzene rings is 11. The Morgan fingerprint density at radius 3 is 1.17 bits per heavy atom. The van der Waals surface area contributed by atoms with Gasteiger partial charge in [0, 0.05) is 72.7 Å². The molecule has 6 nitrogen and oxygen atoms in total. The molecule has 15 rings (SSSR count). The van der Waals surface area contributed by atoms with Crippen molar-refractivity contribution < 1.29 is 13.3 Å². The highest BCUT2D eigenvalue weighted by Gasteiger charge is 2.24. The minimum absolute atomic E-state index is 0.547. The molecule has 0 fully saturated rings. The van der Waals surface area contributed by atoms with Gasteiger partial charge in [-0.15, -0.1) is 0 Å². The fourth-order valence-electron chi connectivity index (χ4n) is 10.9. The first kappa shape index (κ1) is 37.8. The third kappa shape index (κ3) is 5.76. The summed E-state index contributed by atoms with van der Waals surface area (Å²) in [7, 11) is 0. The topological polar surface area (TPSA) is 58.8 Å². The number of hydrogen-bond acceptors (Lipinski definition) is 6. The Morgan fingerprint density at radius 1 is 0.261 bits per heavy atom. The Labute approximate surface area is 394 Å². The summed E-state index contributed by atoms with van der Waals surface area (Å²) in [5.74, 6) is 0.723. The third-order valence-electron chi connectivity index (χ3n) is 14.0. The number of aromatic nitrogens is 1. The smallest absolute Gasteiger partial charge is 0.229 e. The second-order valence-corrected chi connectivity index (χ2v) is 17.9. The number of para-hydroxylation sites is 2. The number of hydrogen-bond donors (Lipinski definition) is 0. The predicted molar refractivity (Wildman–Crippen MR) is 285 cm³/mol. The van der Waals surface area contributed by atoms with Crippen molar-refractivity contribution in [2.45, 2.75) is 0 Å². The van der Waals surface area contributed by atoms with Gasteiger partial charge in [0.25, 0.3) is 0 Å². The number of nitrogens with zero attached hydrogens (tertiary/aromatic N) is 3. The lowest BCUT2D eigenvalue weighted by Gasteiger charge is -2.27. The van der Waals surface area contributed by atoms with Crippen molar-refractivity contribution in [3.63, 3.8) is 0 Å². The molecule has 15 aromatic rings. The van der Waals surface area contributed by atoms with E-state index in [4.69, 9.17) is 18.2 Å². The van der Waals surface area contributed by atoms with E-state index in [9.17, 15) is 0 Å². The van der Waals surface area contributed by atoms with Crippen LogP contribution in [-0.2, 0) is 0 Å². The van der Waals surface area contributed by atoms with E-state index in [1.165, 1.54) is 21.5 Å². The van der Waals surface area contributed by atoms with Crippen LogP contribution in [-0.4, -0.2) is 4.98 Å². The van der Waals surface area contributed by atoms with Gasteiger partial charge in [-0.1, -0.05) is 133 Å². The first-order valence-electron chi connectivity index (χ1n) is 23.3. The quantitative estimate of drug-likeness (QED) is 0.155. The summed E-state index contributed by atoms with van der Waals surface area (Å²) in [5.41, 5.74) is 9.54. The third-order valence-corrected chi connectivity index (χ3v) is 14.0. The van der Waals surface area contributed by atoms with Crippen molar-refractivity contribution in [1.82, 2.24) is 4.98 Å². The van der Waals surface area contributed by atoms with Crippen molar-refractivity contribution in [1.29, 1.82) is 0 Å². The SMILES string of the molecule is c1ccc2c(c1)cc(N(c1ccc3c(c1)oc1ccccc13)c1ccc3c(c1)oc1nc(N(c4ccc5c(c4)oc4ccccc45)c4cc5ccccc5c5ccccc45)ccc13)c1ccccc12. The molecule has 322 valence electrons. The van der Waals surface area contributed by atoms with Crippen molar-refractivity contribution in [3.8, 4) is 0 Å². The number of pyridine rings is 1. The van der Waals surface area contributed by atoms with Gasteiger partial charge in [-0.05, 0) is 105 Å². The predicted octanol–water partition coefficient (Wildman–Crippen LogP) is 18.3. The summed E-state index contributed by atoms with van der Waals surface area (Å²) >= 11 is 0. The van der Waals surface area contributed by atoms with Crippen LogP contribution in [0.25, 0.3) is 109 Å². The van der Waals surface area contributed by atoms with E-state index in [0.717, 1.165) is 116 Å². The summed E-state index contributed by atoms with van der Waals surface area (Å²) in [6.07, 6.45) is 0. The highest BCUT2D eigenvalue weighted by Crippen LogP contribution is 2.47. The highest BCUT2D eigenvalue weighted by atomic mass is 16.3. The Bertz CT molecular complexity index is 4310. The summed E-state index contributed by atoms with van der Waals surface area (Å²) < 4.78 is 19.9. The van der Waals surface area contributed by atoms with Crippen LogP contribution in [0.4, 0.5) is 34.3 Å². The molecular weight excluding hydrogens is 847 g/mol. The van der Waals surface area contributed by atoms with Gasteiger partial charge in [-0.2, -0.15) is 4.98 Å². The molecule has 0 aliphatic carbocycles. The zero-order chi connectivity index (χ0) is 45.2. The molecule has 0 spiro atoms. The van der Waals surface area contributed by atoms with E-state index in [-0.39, 0.29) is 0 Å². The summed E-state index contributed by atoms with van der Waals surface area (Å²) in [6, 6.07) is 79.2. The lowest BCUT2D eigenvalue weighted by molar-refractivity contribution is 0.654. The lowest BCUT2D eigenvalue weighted by atomic mass is 9.99. The molecule has 4 aromatic heterocycles. The minimum Gasteiger partial charge on any atom is -0.456 e. The average molecular weight is 884 g/mol. The van der Waals surface area contributed by atoms with Gasteiger partial charge in [-0.3, -0.25) is 4.90 Å². The maximum atomic E-state index is 6.91. The molecule has 0 bridgehead atoms. The molecule has 0 saturated heterocycles. The molecule has 11 aromatic carbocycles. The van der Waals surface area contributed by atoms with E-state index in [2.05, 4.69) is 210 Å². The van der Waals surface area contributed by atoms with E-state index in [1.807, 2.05) is 24.3 Å². The van der Waals surface area contributed by atoms with E-state index < -0.39 is 0 Å². The standard InChI is InChI=1S/C63H37N3O3/c1-3-15-43-38(13-1)33-55(47-19-7-5-17-45(43)47)65(40-25-28-51-49-21-9-11-23-57(49)67-59(51)35-40)41-26-30-53-54-31-32-62(64-63(54)69-61(53)36-41)66(42-27-29-52-50-22-10-12-24-58(50)68-60(52)37-42)56-34-39-14-2-4-16-44(39)46-18-6-8-20-48(46)56/h1-37H. The minimum atomic E-state index is 0.547. The van der Waals surface area contributed by atoms with Crippen LogP contribution in [0.3, 0.4) is 0 Å². The maximum Gasteiger partial charge on any atom is 0.229 e. The van der Waals surface area contributed by atoms with Crippen molar-refractivity contribution in [3.05, 3.63) is 224 Å². The van der Waals surface area contributed by atoms with Gasteiger partial charge in [0.15, 0.2) is 0 Å². The second-order valence-electron chi connectivity index (χ2n) is 17.9. The van der Waals surface area contributed by atoms with Gasteiger partial charge < -0.3 is 18.2 Å². The Hall–Kier alpha value is -9.39. The molecule has 0 amide bonds. The average Bonchev–Trinajstić information content (AvgIpc) is 4.09. The number of anilines is 6. The Balaban J connectivity index is 0.933. The van der Waals surface area contributed by atoms with E-state index in [0.29, 0.717) is 5.71 Å².